The Bertz CT molecular complexity index is 3710. The van der Waals surface area contributed by atoms with Crippen LogP contribution in [0, 0.1) is 0 Å². The topological polar surface area (TPSA) is 9.72 Å². The Morgan fingerprint density at radius 3 is 1.42 bits per heavy atom. The number of alkyl halides is 6. The number of nitrogens with zero attached hydrogens (tertiary/aromatic N) is 3. The zero-order valence-electron chi connectivity index (χ0n) is 43.0. The van der Waals surface area contributed by atoms with Crippen LogP contribution in [0.25, 0.3) is 33.4 Å². The van der Waals surface area contributed by atoms with E-state index in [0.717, 1.165) is 93.3 Å². The van der Waals surface area contributed by atoms with E-state index < -0.39 is 31.6 Å². The van der Waals surface area contributed by atoms with Gasteiger partial charge >= 0.3 is 12.4 Å². The van der Waals surface area contributed by atoms with Crippen molar-refractivity contribution in [2.24, 2.45) is 0 Å². The van der Waals surface area contributed by atoms with Crippen molar-refractivity contribution in [2.75, 3.05) is 14.7 Å². The fraction of sp³-hybridized carbons (Fsp3) is 0.182. The summed E-state index contributed by atoms with van der Waals surface area (Å²) in [7, 11) is -2.49. The average Bonchev–Trinajstić information content (AvgIpc) is 3.93. The third kappa shape index (κ3) is 6.84. The first-order chi connectivity index (χ1) is 37.0. The van der Waals surface area contributed by atoms with Gasteiger partial charge in [0.05, 0.1) is 28.0 Å². The van der Waals surface area contributed by atoms with Gasteiger partial charge in [-0.15, -0.1) is 0 Å². The highest BCUT2D eigenvalue weighted by atomic mass is 28.3. The van der Waals surface area contributed by atoms with E-state index in [1.54, 1.807) is 24.3 Å². The first-order valence-corrected chi connectivity index (χ1v) is 29.6. The normalized spacial score (nSPS) is 19.5. The molecule has 4 aliphatic heterocycles. The molecule has 0 aromatic heterocycles. The minimum Gasteiger partial charge on any atom is -0.334 e. The summed E-state index contributed by atoms with van der Waals surface area (Å²) in [6.45, 7) is 9.53. The van der Waals surface area contributed by atoms with Crippen LogP contribution in [0.4, 0.5) is 71.8 Å². The van der Waals surface area contributed by atoms with E-state index in [2.05, 4.69) is 145 Å². The van der Waals surface area contributed by atoms with Gasteiger partial charge in [0.25, 0.3) is 6.71 Å². The number of anilines is 8. The van der Waals surface area contributed by atoms with E-state index in [9.17, 15) is 26.3 Å². The van der Waals surface area contributed by atoms with Crippen LogP contribution in [0.2, 0.25) is 13.1 Å². The van der Waals surface area contributed by atoms with Gasteiger partial charge in [-0.1, -0.05) is 165 Å². The lowest BCUT2D eigenvalue weighted by Crippen LogP contribution is -2.79. The second-order valence-electron chi connectivity index (χ2n) is 22.5. The van der Waals surface area contributed by atoms with Gasteiger partial charge in [-0.3, -0.25) is 0 Å². The molecular formula is C66H52BF6N3Si. The highest BCUT2D eigenvalue weighted by Crippen LogP contribution is 2.62. The summed E-state index contributed by atoms with van der Waals surface area (Å²) in [5.74, 6) is 0. The second-order valence-corrected chi connectivity index (χ2v) is 26.9. The molecule has 0 radical (unpaired) electrons. The van der Waals surface area contributed by atoms with Crippen molar-refractivity contribution in [1.29, 1.82) is 0 Å². The molecule has 9 aromatic carbocycles. The van der Waals surface area contributed by atoms with Crippen LogP contribution >= 0.6 is 0 Å². The van der Waals surface area contributed by atoms with E-state index in [1.807, 2.05) is 42.5 Å². The van der Waals surface area contributed by atoms with E-state index in [-0.39, 0.29) is 17.7 Å². The third-order valence-electron chi connectivity index (χ3n) is 18.3. The summed E-state index contributed by atoms with van der Waals surface area (Å²) in [5, 5.41) is 2.66. The van der Waals surface area contributed by atoms with Crippen molar-refractivity contribution in [1.82, 2.24) is 0 Å². The fourth-order valence-corrected chi connectivity index (χ4v) is 17.6. The molecule has 11 heteroatoms. The highest BCUT2D eigenvalue weighted by Gasteiger charge is 2.59. The van der Waals surface area contributed by atoms with Crippen molar-refractivity contribution in [3.05, 3.63) is 211 Å². The van der Waals surface area contributed by atoms with Crippen LogP contribution in [-0.2, 0) is 17.8 Å². The number of hydrogen-bond acceptors (Lipinski definition) is 3. The maximum atomic E-state index is 14.1. The van der Waals surface area contributed by atoms with Crippen LogP contribution in [0.3, 0.4) is 0 Å². The molecule has 1 fully saturated rings. The molecular weight excluding hydrogens is 988 g/mol. The van der Waals surface area contributed by atoms with Gasteiger partial charge in [-0.25, -0.2) is 0 Å². The first-order valence-electron chi connectivity index (χ1n) is 26.6. The van der Waals surface area contributed by atoms with Gasteiger partial charge in [0, 0.05) is 50.7 Å². The summed E-state index contributed by atoms with van der Waals surface area (Å²) in [5.41, 5.74) is 15.9. The molecule has 3 nitrogen and oxygen atoms in total. The standard InChI is InChI=1S/C66H52BF6N3Si/c1-63-36-12-13-37-64(63,2)76(53-35-30-44(38-50(53)63)41-16-6-5-7-17-41)47-39-56-60-57(40-47)75(52-21-11-9-19-49(52)43-28-33-46(34-29-43)66(71,72)73)55-23-15-25-59-62(55)67(60)61-54(22-14-24-58(61)77(59,3)4)74(56)51-20-10-8-18-48(51)42-26-31-45(32-27-42)65(68,69)70/h5-11,14-35,38-40H,12-13,36-37H2,1-4H3. The third-order valence-corrected chi connectivity index (χ3v) is 21.8. The van der Waals surface area contributed by atoms with Gasteiger partial charge in [-0.2, -0.15) is 26.3 Å². The van der Waals surface area contributed by atoms with Crippen molar-refractivity contribution >= 4 is 87.0 Å². The molecule has 2 unspecified atom stereocenters. The minimum atomic E-state index is -4.49. The zero-order chi connectivity index (χ0) is 53.0. The summed E-state index contributed by atoms with van der Waals surface area (Å²) in [4.78, 5) is 7.37. The Balaban J connectivity index is 1.09. The van der Waals surface area contributed by atoms with Crippen LogP contribution in [0.15, 0.2) is 194 Å². The number of hydrogen-bond donors (Lipinski definition) is 0. The molecule has 5 aliphatic rings. The number of para-hydroxylation sites is 2. The Hall–Kier alpha value is -7.76. The summed E-state index contributed by atoms with van der Waals surface area (Å²) in [6.07, 6.45) is -4.86. The predicted molar refractivity (Wildman–Crippen MR) is 306 cm³/mol. The van der Waals surface area contributed by atoms with Crippen molar-refractivity contribution < 1.29 is 26.3 Å². The van der Waals surface area contributed by atoms with Crippen LogP contribution in [0.1, 0.15) is 56.2 Å². The zero-order valence-corrected chi connectivity index (χ0v) is 44.0. The Morgan fingerprint density at radius 1 is 0.429 bits per heavy atom. The molecule has 0 saturated heterocycles. The van der Waals surface area contributed by atoms with Crippen molar-refractivity contribution in [3.63, 3.8) is 0 Å². The van der Waals surface area contributed by atoms with Crippen LogP contribution in [0.5, 0.6) is 0 Å². The molecule has 0 spiro atoms. The lowest BCUT2D eigenvalue weighted by atomic mass is 9.33. The molecule has 77 heavy (non-hydrogen) atoms. The number of halogens is 6. The summed E-state index contributed by atoms with van der Waals surface area (Å²) < 4.78 is 84.8. The largest absolute Gasteiger partial charge is 0.416 e. The number of rotatable bonds is 6. The first kappa shape index (κ1) is 47.7. The Morgan fingerprint density at radius 2 is 0.896 bits per heavy atom. The second kappa shape index (κ2) is 16.6. The lowest BCUT2D eigenvalue weighted by molar-refractivity contribution is -0.138. The highest BCUT2D eigenvalue weighted by molar-refractivity contribution is 7.16. The van der Waals surface area contributed by atoms with E-state index in [4.69, 9.17) is 0 Å². The fourth-order valence-electron chi connectivity index (χ4n) is 14.4. The molecule has 14 rings (SSSR count). The lowest BCUT2D eigenvalue weighted by Gasteiger charge is -2.52. The van der Waals surface area contributed by atoms with Gasteiger partial charge in [0.1, 0.15) is 8.07 Å². The van der Waals surface area contributed by atoms with Crippen molar-refractivity contribution in [2.45, 2.75) is 75.9 Å². The molecule has 9 aromatic rings. The molecule has 1 aliphatic carbocycles. The van der Waals surface area contributed by atoms with Crippen LogP contribution < -0.4 is 41.5 Å². The van der Waals surface area contributed by atoms with E-state index in [0.29, 0.717) is 11.1 Å². The van der Waals surface area contributed by atoms with Gasteiger partial charge in [0.15, 0.2) is 0 Å². The van der Waals surface area contributed by atoms with Gasteiger partial charge in [-0.05, 0) is 137 Å². The Labute approximate surface area is 446 Å². The number of fused-ring (bicyclic) bond motifs is 3. The maximum Gasteiger partial charge on any atom is 0.416 e. The average molecular weight is 1040 g/mol. The molecule has 380 valence electrons. The number of benzene rings is 9. The monoisotopic (exact) mass is 1040 g/mol. The summed E-state index contributed by atoms with van der Waals surface area (Å²) >= 11 is 0. The molecule has 1 saturated carbocycles. The van der Waals surface area contributed by atoms with Crippen molar-refractivity contribution in [3.8, 4) is 33.4 Å². The summed E-state index contributed by atoms with van der Waals surface area (Å²) in [6, 6.07) is 62.8. The van der Waals surface area contributed by atoms with E-state index >= 15 is 0 Å². The quantitative estimate of drug-likeness (QED) is 0.121. The molecule has 0 N–H and O–H groups in total. The predicted octanol–water partition coefficient (Wildman–Crippen LogP) is 15.7. The Kier molecular flexibility index (Phi) is 10.3. The molecule has 2 atom stereocenters. The smallest absolute Gasteiger partial charge is 0.334 e. The maximum absolute atomic E-state index is 14.1. The SMILES string of the molecule is CC12CCCCC1(C)N(c1cc3c4c(c1)N(c1ccccc1-c1ccc(C(F)(F)F)cc1)c1cccc5c1B4c1c(cccc1[Si]5(C)C)N3c1ccccc1-c1ccc(C(F)(F)F)cc1)c1ccc(-c3ccccc3)cc12. The van der Waals surface area contributed by atoms with E-state index in [1.165, 1.54) is 56.7 Å². The molecule has 0 amide bonds. The molecule has 0 bridgehead atoms. The van der Waals surface area contributed by atoms with Crippen LogP contribution in [-0.4, -0.2) is 20.3 Å². The molecule has 4 heterocycles. The van der Waals surface area contributed by atoms with Gasteiger partial charge in [0.2, 0.25) is 0 Å². The minimum absolute atomic E-state index is 0.189. The van der Waals surface area contributed by atoms with Gasteiger partial charge < -0.3 is 14.7 Å².